The number of carbonyl (C=O) groups is 1. The van der Waals surface area contributed by atoms with E-state index in [0.717, 1.165) is 13.2 Å². The fourth-order valence-electron chi connectivity index (χ4n) is 2.36. The Hall–Kier alpha value is -2.02. The van der Waals surface area contributed by atoms with Crippen LogP contribution in [0.1, 0.15) is 24.3 Å². The van der Waals surface area contributed by atoms with E-state index in [0.29, 0.717) is 12.1 Å². The summed E-state index contributed by atoms with van der Waals surface area (Å²) in [5.41, 5.74) is -0.410. The number of hydrogen-bond donors (Lipinski definition) is 1. The first kappa shape index (κ1) is 15.4. The van der Waals surface area contributed by atoms with E-state index in [2.05, 4.69) is 4.74 Å². The lowest BCUT2D eigenvalue weighted by atomic mass is 10.1. The Bertz CT molecular complexity index is 676. The number of methoxy groups -OCH3 is 1. The van der Waals surface area contributed by atoms with Gasteiger partial charge in [-0.15, -0.1) is 0 Å². The summed E-state index contributed by atoms with van der Waals surface area (Å²) >= 11 is 0. The van der Waals surface area contributed by atoms with Crippen LogP contribution in [0.4, 0.5) is 13.2 Å². The van der Waals surface area contributed by atoms with Crippen LogP contribution in [0, 0.1) is 0 Å². The lowest BCUT2D eigenvalue weighted by Crippen LogP contribution is -2.17. The van der Waals surface area contributed by atoms with Crippen LogP contribution in [-0.2, 0) is 22.3 Å². The van der Waals surface area contributed by atoms with Crippen LogP contribution >= 0.6 is 0 Å². The summed E-state index contributed by atoms with van der Waals surface area (Å²) in [7, 11) is 1.10. The fourth-order valence-corrected chi connectivity index (χ4v) is 2.36. The van der Waals surface area contributed by atoms with E-state index < -0.39 is 23.8 Å². The van der Waals surface area contributed by atoms with Crippen molar-refractivity contribution in [3.05, 3.63) is 35.5 Å². The maximum absolute atomic E-state index is 13.0. The summed E-state index contributed by atoms with van der Waals surface area (Å²) in [5.74, 6) is -0.916. The minimum absolute atomic E-state index is 0.0511. The Morgan fingerprint density at radius 1 is 1.43 bits per heavy atom. The Morgan fingerprint density at radius 2 is 2.10 bits per heavy atom. The van der Waals surface area contributed by atoms with Gasteiger partial charge in [-0.25, -0.2) is 4.79 Å². The number of ether oxygens (including phenoxy) is 1. The maximum atomic E-state index is 13.0. The maximum Gasteiger partial charge on any atom is 0.417 e. The number of nitrogens with zero attached hydrogens (tertiary/aromatic N) is 1. The third-order valence-electron chi connectivity index (χ3n) is 3.30. The lowest BCUT2D eigenvalue weighted by molar-refractivity contribution is -0.151. The molecule has 1 N–H and O–H groups in total. The smallest absolute Gasteiger partial charge is 0.417 e. The molecule has 114 valence electrons. The molecule has 0 radical (unpaired) electrons. The van der Waals surface area contributed by atoms with Gasteiger partial charge in [0.2, 0.25) is 0 Å². The van der Waals surface area contributed by atoms with E-state index in [1.165, 1.54) is 22.8 Å². The van der Waals surface area contributed by atoms with Crippen molar-refractivity contribution in [1.82, 2.24) is 4.57 Å². The van der Waals surface area contributed by atoms with Crippen LogP contribution in [-0.4, -0.2) is 22.8 Å². The molecule has 0 bridgehead atoms. The van der Waals surface area contributed by atoms with Crippen molar-refractivity contribution in [3.8, 4) is 0 Å². The van der Waals surface area contributed by atoms with E-state index in [1.54, 1.807) is 6.92 Å². The number of aliphatic hydroxyl groups is 1. The molecule has 0 saturated carbocycles. The third kappa shape index (κ3) is 2.61. The zero-order valence-corrected chi connectivity index (χ0v) is 11.4. The predicted molar refractivity (Wildman–Crippen MR) is 69.6 cm³/mol. The number of benzene rings is 1. The Kier molecular flexibility index (Phi) is 3.95. The second-order valence-corrected chi connectivity index (χ2v) is 4.48. The Morgan fingerprint density at radius 3 is 2.62 bits per heavy atom. The van der Waals surface area contributed by atoms with Gasteiger partial charge in [-0.3, -0.25) is 0 Å². The quantitative estimate of drug-likeness (QED) is 0.887. The van der Waals surface area contributed by atoms with Gasteiger partial charge in [0.15, 0.2) is 6.10 Å². The van der Waals surface area contributed by atoms with Crippen LogP contribution in [0.3, 0.4) is 0 Å². The van der Waals surface area contributed by atoms with Gasteiger partial charge in [0.05, 0.1) is 18.4 Å². The number of fused-ring (bicyclic) bond motifs is 1. The van der Waals surface area contributed by atoms with Gasteiger partial charge in [-0.2, -0.15) is 13.2 Å². The average molecular weight is 301 g/mol. The molecule has 1 atom stereocenters. The van der Waals surface area contributed by atoms with E-state index in [-0.39, 0.29) is 11.1 Å². The SMILES string of the molecule is CCn1c(C(O)C(=O)OC)cc2c(C(F)(F)F)cccc21. The van der Waals surface area contributed by atoms with Crippen molar-refractivity contribution >= 4 is 16.9 Å². The molecule has 2 aromatic rings. The standard InChI is InChI=1S/C14H14F3NO3/c1-3-18-10-6-4-5-9(14(15,16)17)8(10)7-11(18)12(19)13(20)21-2/h4-7,12,19H,3H2,1-2H3. The molecule has 2 rings (SSSR count). The van der Waals surface area contributed by atoms with Crippen LogP contribution in [0.25, 0.3) is 10.9 Å². The first-order chi connectivity index (χ1) is 9.81. The highest BCUT2D eigenvalue weighted by Gasteiger charge is 2.34. The average Bonchev–Trinajstić information content (AvgIpc) is 2.82. The minimum atomic E-state index is -4.51. The monoisotopic (exact) mass is 301 g/mol. The molecule has 1 unspecified atom stereocenters. The first-order valence-corrected chi connectivity index (χ1v) is 6.26. The van der Waals surface area contributed by atoms with Crippen molar-refractivity contribution < 1.29 is 27.8 Å². The molecule has 7 heteroatoms. The van der Waals surface area contributed by atoms with E-state index in [1.807, 2.05) is 0 Å². The molecular formula is C14H14F3NO3. The van der Waals surface area contributed by atoms with Crippen molar-refractivity contribution in [2.24, 2.45) is 0 Å². The summed E-state index contributed by atoms with van der Waals surface area (Å²) in [6.45, 7) is 2.03. The molecule has 0 saturated heterocycles. The molecule has 0 amide bonds. The second-order valence-electron chi connectivity index (χ2n) is 4.48. The van der Waals surface area contributed by atoms with Crippen LogP contribution in [0.5, 0.6) is 0 Å². The molecule has 0 aliphatic carbocycles. The number of alkyl halides is 3. The zero-order chi connectivity index (χ0) is 15.8. The number of hydrogen-bond acceptors (Lipinski definition) is 3. The van der Waals surface area contributed by atoms with E-state index in [9.17, 15) is 23.1 Å². The van der Waals surface area contributed by atoms with Crippen molar-refractivity contribution in [2.45, 2.75) is 25.7 Å². The molecule has 0 aliphatic heterocycles. The fraction of sp³-hybridized carbons (Fsp3) is 0.357. The molecule has 0 aliphatic rings. The second kappa shape index (κ2) is 5.40. The number of aliphatic hydroxyl groups excluding tert-OH is 1. The van der Waals surface area contributed by atoms with Crippen molar-refractivity contribution in [3.63, 3.8) is 0 Å². The largest absolute Gasteiger partial charge is 0.467 e. The number of aromatic nitrogens is 1. The van der Waals surface area contributed by atoms with Crippen molar-refractivity contribution in [2.75, 3.05) is 7.11 Å². The molecule has 1 heterocycles. The zero-order valence-electron chi connectivity index (χ0n) is 11.4. The van der Waals surface area contributed by atoms with Gasteiger partial charge < -0.3 is 14.4 Å². The number of rotatable bonds is 3. The molecule has 1 aromatic heterocycles. The van der Waals surface area contributed by atoms with Crippen molar-refractivity contribution in [1.29, 1.82) is 0 Å². The highest BCUT2D eigenvalue weighted by Crippen LogP contribution is 2.37. The van der Waals surface area contributed by atoms with Gasteiger partial charge in [0.25, 0.3) is 0 Å². The summed E-state index contributed by atoms with van der Waals surface area (Å²) in [6.07, 6.45) is -6.13. The molecular weight excluding hydrogens is 287 g/mol. The number of aryl methyl sites for hydroxylation is 1. The molecule has 21 heavy (non-hydrogen) atoms. The summed E-state index contributed by atoms with van der Waals surface area (Å²) in [4.78, 5) is 11.4. The van der Waals surface area contributed by atoms with E-state index in [4.69, 9.17) is 0 Å². The van der Waals surface area contributed by atoms with Crippen LogP contribution in [0.15, 0.2) is 24.3 Å². The van der Waals surface area contributed by atoms with E-state index >= 15 is 0 Å². The van der Waals surface area contributed by atoms with Crippen LogP contribution in [0.2, 0.25) is 0 Å². The van der Waals surface area contributed by atoms with Gasteiger partial charge in [0, 0.05) is 17.4 Å². The molecule has 4 nitrogen and oxygen atoms in total. The van der Waals surface area contributed by atoms with Gasteiger partial charge in [0.1, 0.15) is 0 Å². The van der Waals surface area contributed by atoms with Gasteiger partial charge in [-0.1, -0.05) is 6.07 Å². The molecule has 0 fully saturated rings. The summed E-state index contributed by atoms with van der Waals surface area (Å²) in [6, 6.07) is 4.97. The Labute approximate surface area is 118 Å². The summed E-state index contributed by atoms with van der Waals surface area (Å²) < 4.78 is 45.0. The highest BCUT2D eigenvalue weighted by molar-refractivity contribution is 5.87. The number of carbonyl (C=O) groups excluding carboxylic acids is 1. The number of esters is 1. The third-order valence-corrected chi connectivity index (χ3v) is 3.30. The molecule has 0 spiro atoms. The van der Waals surface area contributed by atoms with Crippen LogP contribution < -0.4 is 0 Å². The van der Waals surface area contributed by atoms with Gasteiger partial charge >= 0.3 is 12.1 Å². The molecule has 1 aromatic carbocycles. The highest BCUT2D eigenvalue weighted by atomic mass is 19.4. The number of halogens is 3. The Balaban J connectivity index is 2.72. The first-order valence-electron chi connectivity index (χ1n) is 6.26. The minimum Gasteiger partial charge on any atom is -0.467 e. The lowest BCUT2D eigenvalue weighted by Gasteiger charge is -2.12. The summed E-state index contributed by atoms with van der Waals surface area (Å²) in [5, 5.41) is 9.87. The predicted octanol–water partition coefficient (Wildman–Crippen LogP) is 2.89. The van der Waals surface area contributed by atoms with Gasteiger partial charge in [-0.05, 0) is 25.1 Å². The topological polar surface area (TPSA) is 51.5 Å². The normalized spacial score (nSPS) is 13.4.